The standard InChI is InChI=1S/C38H40F2N8O4/c39-28-21-32-35(42-22-28)47(31-6-1-5-27(20-31)26-9-7-25(8-10-26)4-2-16-41-17-3-19-49)38(52)48(37(32)51)30-13-11-29(12-14-30)43-36(50)33-23-45-24-46(40)18-15-34(45)44-33/h1,5-10,15,18,20-23,29-30,41,49H,2-4,11-14,16-17,19,24H2,(H,43,50)/q+1. The Kier molecular flexibility index (Phi) is 10.5. The fourth-order valence-electron chi connectivity index (χ4n) is 7.04. The number of amides is 1. The van der Waals surface area contributed by atoms with Crippen LogP contribution < -0.4 is 26.8 Å². The van der Waals surface area contributed by atoms with Crippen LogP contribution in [0, 0.1) is 5.82 Å². The van der Waals surface area contributed by atoms with E-state index in [1.165, 1.54) is 38.1 Å². The maximum Gasteiger partial charge on any atom is 0.337 e. The van der Waals surface area contributed by atoms with Crippen molar-refractivity contribution in [1.29, 1.82) is 0 Å². The van der Waals surface area contributed by atoms with E-state index >= 15 is 0 Å². The first-order valence-corrected chi connectivity index (χ1v) is 17.6. The Morgan fingerprint density at radius 2 is 1.79 bits per heavy atom. The van der Waals surface area contributed by atoms with E-state index in [9.17, 15) is 23.3 Å². The number of fused-ring (bicyclic) bond motifs is 2. The molecule has 4 heterocycles. The number of nitrogens with one attached hydrogen (secondary N) is 2. The van der Waals surface area contributed by atoms with E-state index in [-0.39, 0.29) is 42.0 Å². The molecule has 0 unspecified atom stereocenters. The van der Waals surface area contributed by atoms with Crippen LogP contribution in [0.4, 0.5) is 8.87 Å². The highest BCUT2D eigenvalue weighted by Gasteiger charge is 2.36. The van der Waals surface area contributed by atoms with E-state index in [2.05, 4.69) is 32.7 Å². The Bertz CT molecular complexity index is 2170. The van der Waals surface area contributed by atoms with E-state index in [0.29, 0.717) is 42.3 Å². The fraction of sp³-hybridized carbons (Fsp3) is 0.342. The summed E-state index contributed by atoms with van der Waals surface area (Å²) in [5.41, 5.74) is 2.58. The van der Waals surface area contributed by atoms with Crippen molar-refractivity contribution in [1.82, 2.24) is 34.8 Å². The van der Waals surface area contributed by atoms with Gasteiger partial charge in [0, 0.05) is 31.0 Å². The van der Waals surface area contributed by atoms with Gasteiger partial charge < -0.3 is 15.7 Å². The molecule has 3 N–H and O–H groups in total. The summed E-state index contributed by atoms with van der Waals surface area (Å²) in [6, 6.07) is 16.1. The molecular formula is C38H40F2N8O4+. The van der Waals surface area contributed by atoms with Gasteiger partial charge in [-0.1, -0.05) is 45.8 Å². The molecule has 7 rings (SSSR count). The average Bonchev–Trinajstić information content (AvgIpc) is 3.58. The second-order valence-corrected chi connectivity index (χ2v) is 13.3. The average molecular weight is 711 g/mol. The van der Waals surface area contributed by atoms with Crippen molar-refractivity contribution >= 4 is 22.8 Å². The molecule has 0 saturated heterocycles. The van der Waals surface area contributed by atoms with Crippen LogP contribution in [0.25, 0.3) is 27.8 Å². The molecule has 1 radical (unpaired) electrons. The van der Waals surface area contributed by atoms with Crippen LogP contribution in [0.1, 0.15) is 50.1 Å². The van der Waals surface area contributed by atoms with Crippen molar-refractivity contribution in [2.45, 2.75) is 57.0 Å². The van der Waals surface area contributed by atoms with Crippen LogP contribution in [-0.2, 0) is 11.2 Å². The molecule has 12 nitrogen and oxygen atoms in total. The van der Waals surface area contributed by atoms with Gasteiger partial charge >= 0.3 is 5.69 Å². The lowest BCUT2D eigenvalue weighted by molar-refractivity contribution is -0.118. The Labute approximate surface area is 298 Å². The van der Waals surface area contributed by atoms with Crippen molar-refractivity contribution in [2.24, 2.45) is 4.99 Å². The molecule has 52 heavy (non-hydrogen) atoms. The summed E-state index contributed by atoms with van der Waals surface area (Å²) in [5, 5.41) is 15.7. The van der Waals surface area contributed by atoms with Gasteiger partial charge in [0.05, 0.1) is 17.3 Å². The molecule has 2 aromatic heterocycles. The maximum atomic E-state index is 14.5. The highest BCUT2D eigenvalue weighted by Crippen LogP contribution is 2.29. The Balaban J connectivity index is 1.10. The number of aromatic nitrogens is 3. The highest BCUT2D eigenvalue weighted by atomic mass is 19.2. The van der Waals surface area contributed by atoms with Crippen molar-refractivity contribution in [3.63, 3.8) is 0 Å². The normalized spacial score (nSPS) is 18.7. The third-order valence-corrected chi connectivity index (χ3v) is 9.72. The summed E-state index contributed by atoms with van der Waals surface area (Å²) >= 11 is 0. The lowest BCUT2D eigenvalue weighted by atomic mass is 9.90. The van der Waals surface area contributed by atoms with E-state index < -0.39 is 23.1 Å². The quantitative estimate of drug-likeness (QED) is 0.115. The number of aryl methyl sites for hydroxylation is 1. The number of pyridine rings is 1. The Morgan fingerprint density at radius 1 is 1.00 bits per heavy atom. The lowest BCUT2D eigenvalue weighted by Gasteiger charge is -2.30. The minimum absolute atomic E-state index is 0.000256. The van der Waals surface area contributed by atoms with Gasteiger partial charge in [-0.05, 0) is 92.9 Å². The molecule has 1 aliphatic carbocycles. The second-order valence-electron chi connectivity index (χ2n) is 13.3. The molecule has 4 aromatic rings. The smallest absolute Gasteiger partial charge is 0.337 e. The zero-order chi connectivity index (χ0) is 36.2. The number of benzene rings is 2. The minimum atomic E-state index is -0.682. The van der Waals surface area contributed by atoms with Crippen molar-refractivity contribution in [3.05, 3.63) is 117 Å². The highest BCUT2D eigenvalue weighted by molar-refractivity contribution is 6.05. The molecule has 2 aliphatic heterocycles. The molecular weight excluding hydrogens is 670 g/mol. The molecule has 0 bridgehead atoms. The van der Waals surface area contributed by atoms with Crippen molar-refractivity contribution < 1.29 is 18.8 Å². The summed E-state index contributed by atoms with van der Waals surface area (Å²) in [6.45, 7) is 1.80. The van der Waals surface area contributed by atoms with E-state index in [0.717, 1.165) is 55.7 Å². The van der Waals surface area contributed by atoms with E-state index in [4.69, 9.17) is 5.11 Å². The minimum Gasteiger partial charge on any atom is -0.396 e. The number of hydrogen-bond donors (Lipinski definition) is 3. The summed E-state index contributed by atoms with van der Waals surface area (Å²) < 4.78 is 30.7. The number of aliphatic hydroxyl groups excluding tert-OH is 1. The lowest BCUT2D eigenvalue weighted by Crippen LogP contribution is -2.45. The largest absolute Gasteiger partial charge is 0.396 e. The third-order valence-electron chi connectivity index (χ3n) is 9.72. The molecule has 1 fully saturated rings. The third kappa shape index (κ3) is 7.49. The molecule has 1 saturated carbocycles. The zero-order valence-electron chi connectivity index (χ0n) is 28.5. The Hall–Kier alpha value is -5.31. The monoisotopic (exact) mass is 710 g/mol. The summed E-state index contributed by atoms with van der Waals surface area (Å²) in [7, 11) is 0. The van der Waals surface area contributed by atoms with Crippen LogP contribution in [-0.4, -0.2) is 68.5 Å². The van der Waals surface area contributed by atoms with Crippen molar-refractivity contribution in [2.75, 3.05) is 26.4 Å². The van der Waals surface area contributed by atoms with Gasteiger partial charge in [-0.15, -0.1) is 0 Å². The summed E-state index contributed by atoms with van der Waals surface area (Å²) in [4.78, 5) is 51.2. The molecule has 3 aliphatic rings. The van der Waals surface area contributed by atoms with Crippen LogP contribution in [0.2, 0.25) is 0 Å². The van der Waals surface area contributed by atoms with E-state index in [1.807, 2.05) is 30.3 Å². The van der Waals surface area contributed by atoms with Gasteiger partial charge in [0.25, 0.3) is 17.3 Å². The molecule has 0 spiro atoms. The summed E-state index contributed by atoms with van der Waals surface area (Å²) in [6.07, 6.45) is 9.72. The number of aliphatic hydroxyl groups is 1. The predicted molar refractivity (Wildman–Crippen MR) is 194 cm³/mol. The first kappa shape index (κ1) is 35.1. The number of halogens is 2. The Morgan fingerprint density at radius 3 is 2.58 bits per heavy atom. The van der Waals surface area contributed by atoms with Crippen LogP contribution >= 0.6 is 0 Å². The van der Waals surface area contributed by atoms with Crippen LogP contribution in [0.5, 0.6) is 0 Å². The first-order chi connectivity index (χ1) is 25.3. The number of aliphatic imine (C=N–C) groups is 1. The zero-order valence-corrected chi connectivity index (χ0v) is 28.5. The van der Waals surface area contributed by atoms with Gasteiger partial charge in [0.1, 0.15) is 5.82 Å². The van der Waals surface area contributed by atoms with Gasteiger partial charge in [-0.3, -0.25) is 14.2 Å². The van der Waals surface area contributed by atoms with Crippen molar-refractivity contribution in [3.8, 4) is 16.8 Å². The maximum absolute atomic E-state index is 14.5. The van der Waals surface area contributed by atoms with E-state index in [1.54, 1.807) is 6.07 Å². The molecule has 269 valence electrons. The fourth-order valence-corrected chi connectivity index (χ4v) is 7.04. The van der Waals surface area contributed by atoms with Gasteiger partial charge in [0.2, 0.25) is 6.67 Å². The number of carbonyl (C=O) groups is 1. The molecule has 14 heteroatoms. The predicted octanol–water partition coefficient (Wildman–Crippen LogP) is 3.92. The number of hydrogen-bond acceptors (Lipinski definition) is 9. The molecule has 1 amide bonds. The number of rotatable bonds is 12. The summed E-state index contributed by atoms with van der Waals surface area (Å²) in [5.74, 6) is -0.582. The molecule has 0 atom stereocenters. The van der Waals surface area contributed by atoms with Gasteiger partial charge in [-0.2, -0.15) is 10.1 Å². The van der Waals surface area contributed by atoms with Gasteiger partial charge in [-0.25, -0.2) is 18.7 Å². The van der Waals surface area contributed by atoms with Gasteiger partial charge in [0.15, 0.2) is 17.5 Å². The number of nitrogens with zero attached hydrogens (tertiary/aromatic N) is 6. The second kappa shape index (κ2) is 15.5. The van der Waals surface area contributed by atoms with Crippen LogP contribution in [0.15, 0.2) is 99.5 Å². The SMILES string of the molecule is O=C(NC1CCC(n2c(=O)c3cc(F)cnc3n(-c3cccc(-c4ccc(CCCNCCCO)cc4)c3)c2=O)CC1)C1=C[N+]2CN(F)C=CC2=N1. The number of carbonyl (C=O) groups excluding carboxylic acids is 1. The van der Waals surface area contributed by atoms with Crippen LogP contribution in [0.3, 0.4) is 0 Å². The topological polar surface area (TPSA) is 140 Å². The first-order valence-electron chi connectivity index (χ1n) is 17.6. The number of amidine groups is 1. The molecule has 2 aromatic carbocycles.